The maximum Gasteiger partial charge on any atom is 0.0676 e. The number of nitrogens with one attached hydrogen (secondary N) is 1. The van der Waals surface area contributed by atoms with Gasteiger partial charge in [0, 0.05) is 0 Å². The molecule has 0 radical (unpaired) electrons. The van der Waals surface area contributed by atoms with Gasteiger partial charge in [-0.25, -0.2) is 0 Å². The molecular formula is C11H19NS. The second-order valence-corrected chi connectivity index (χ2v) is 6.62. The van der Waals surface area contributed by atoms with Crippen LogP contribution in [0.5, 0.6) is 0 Å². The number of fused-ring (bicyclic) bond motifs is 3. The lowest BCUT2D eigenvalue weighted by atomic mass is 9.94. The molecule has 3 aliphatic rings. The smallest absolute Gasteiger partial charge is 0.0676 e. The monoisotopic (exact) mass is 197 g/mol. The van der Waals surface area contributed by atoms with Gasteiger partial charge in [0.1, 0.15) is 0 Å². The molecule has 0 aromatic carbocycles. The van der Waals surface area contributed by atoms with Gasteiger partial charge in [0.05, 0.1) is 4.87 Å². The first-order chi connectivity index (χ1) is 6.28. The summed E-state index contributed by atoms with van der Waals surface area (Å²) in [5.41, 5.74) is 0. The first-order valence-corrected chi connectivity index (χ1v) is 6.66. The fraction of sp³-hybridized carbons (Fsp3) is 1.00. The molecule has 2 bridgehead atoms. The molecule has 74 valence electrons. The fourth-order valence-electron chi connectivity index (χ4n) is 3.42. The molecule has 3 fully saturated rings. The van der Waals surface area contributed by atoms with Crippen LogP contribution in [0.2, 0.25) is 0 Å². The Hall–Kier alpha value is 0.310. The van der Waals surface area contributed by atoms with Gasteiger partial charge in [-0.2, -0.15) is 0 Å². The zero-order chi connectivity index (χ0) is 8.89. The van der Waals surface area contributed by atoms with Crippen LogP contribution in [0.1, 0.15) is 32.6 Å². The molecule has 1 nitrogen and oxygen atoms in total. The molecular weight excluding hydrogens is 178 g/mol. The summed E-state index contributed by atoms with van der Waals surface area (Å²) in [5.74, 6) is 4.35. The third-order valence-electron chi connectivity index (χ3n) is 4.17. The van der Waals surface area contributed by atoms with Gasteiger partial charge >= 0.3 is 0 Å². The molecule has 1 N–H and O–H groups in total. The highest BCUT2D eigenvalue weighted by Gasteiger charge is 2.52. The van der Waals surface area contributed by atoms with Crippen LogP contribution in [-0.4, -0.2) is 17.2 Å². The van der Waals surface area contributed by atoms with Gasteiger partial charge in [-0.05, 0) is 55.7 Å². The van der Waals surface area contributed by atoms with E-state index >= 15 is 0 Å². The molecule has 0 amide bonds. The first-order valence-electron chi connectivity index (χ1n) is 5.67. The topological polar surface area (TPSA) is 12.0 Å². The average molecular weight is 197 g/mol. The van der Waals surface area contributed by atoms with E-state index in [-0.39, 0.29) is 0 Å². The Kier molecular flexibility index (Phi) is 1.92. The Labute approximate surface area is 85.0 Å². The number of hydrogen-bond donors (Lipinski definition) is 1. The highest BCUT2D eigenvalue weighted by atomic mass is 32.2. The lowest BCUT2D eigenvalue weighted by molar-refractivity contribution is 0.293. The van der Waals surface area contributed by atoms with Gasteiger partial charge in [-0.15, -0.1) is 11.8 Å². The Morgan fingerprint density at radius 2 is 2.31 bits per heavy atom. The zero-order valence-corrected chi connectivity index (χ0v) is 9.20. The summed E-state index contributed by atoms with van der Waals surface area (Å²) < 4.78 is 0. The van der Waals surface area contributed by atoms with Crippen molar-refractivity contribution in [3.63, 3.8) is 0 Å². The highest BCUT2D eigenvalue weighted by Crippen LogP contribution is 2.56. The quantitative estimate of drug-likeness (QED) is 0.640. The standard InChI is InChI=1S/C11H19NS/c1-8-6-12-11(13-7-8)5-9-2-3-10(11)4-9/h8-10,12H,2-7H2,1H3. The van der Waals surface area contributed by atoms with E-state index in [4.69, 9.17) is 0 Å². The SMILES string of the molecule is CC1CNC2(CC3CCC2C3)SC1. The zero-order valence-electron chi connectivity index (χ0n) is 8.38. The third kappa shape index (κ3) is 1.25. The van der Waals surface area contributed by atoms with E-state index < -0.39 is 0 Å². The van der Waals surface area contributed by atoms with E-state index in [0.29, 0.717) is 4.87 Å². The van der Waals surface area contributed by atoms with E-state index in [9.17, 15) is 0 Å². The molecule has 1 saturated heterocycles. The Bertz CT molecular complexity index is 208. The lowest BCUT2D eigenvalue weighted by Gasteiger charge is -2.43. The Morgan fingerprint density at radius 1 is 1.38 bits per heavy atom. The van der Waals surface area contributed by atoms with Crippen LogP contribution in [-0.2, 0) is 0 Å². The average Bonchev–Trinajstić information content (AvgIpc) is 2.70. The molecule has 0 aromatic heterocycles. The van der Waals surface area contributed by atoms with Gasteiger partial charge in [-0.1, -0.05) is 6.92 Å². The molecule has 1 spiro atoms. The van der Waals surface area contributed by atoms with Crippen molar-refractivity contribution in [2.24, 2.45) is 17.8 Å². The molecule has 4 unspecified atom stereocenters. The van der Waals surface area contributed by atoms with E-state index in [1.807, 2.05) is 0 Å². The first kappa shape index (κ1) is 8.60. The van der Waals surface area contributed by atoms with Gasteiger partial charge < -0.3 is 5.32 Å². The summed E-state index contributed by atoms with van der Waals surface area (Å²) in [6, 6.07) is 0. The normalized spacial score (nSPS) is 54.7. The van der Waals surface area contributed by atoms with Crippen LogP contribution >= 0.6 is 11.8 Å². The molecule has 2 heteroatoms. The third-order valence-corrected chi connectivity index (χ3v) is 6.06. The summed E-state index contributed by atoms with van der Waals surface area (Å²) in [7, 11) is 0. The fourth-order valence-corrected chi connectivity index (χ4v) is 5.11. The van der Waals surface area contributed by atoms with Crippen LogP contribution in [0.3, 0.4) is 0 Å². The predicted molar refractivity (Wildman–Crippen MR) is 57.8 cm³/mol. The van der Waals surface area contributed by atoms with Crippen molar-refractivity contribution in [1.82, 2.24) is 5.32 Å². The molecule has 2 saturated carbocycles. The lowest BCUT2D eigenvalue weighted by Crippen LogP contribution is -2.52. The molecule has 4 atom stereocenters. The van der Waals surface area contributed by atoms with Crippen LogP contribution in [0, 0.1) is 17.8 Å². The molecule has 0 aromatic rings. The van der Waals surface area contributed by atoms with Gasteiger partial charge in [0.25, 0.3) is 0 Å². The van der Waals surface area contributed by atoms with Crippen LogP contribution < -0.4 is 5.32 Å². The largest absolute Gasteiger partial charge is 0.302 e. The van der Waals surface area contributed by atoms with Crippen molar-refractivity contribution in [1.29, 1.82) is 0 Å². The van der Waals surface area contributed by atoms with Gasteiger partial charge in [-0.3, -0.25) is 0 Å². The summed E-state index contributed by atoms with van der Waals surface area (Å²) >= 11 is 2.23. The van der Waals surface area contributed by atoms with Crippen LogP contribution in [0.4, 0.5) is 0 Å². The van der Waals surface area contributed by atoms with Gasteiger partial charge in [0.2, 0.25) is 0 Å². The van der Waals surface area contributed by atoms with E-state index in [1.165, 1.54) is 38.0 Å². The minimum Gasteiger partial charge on any atom is -0.302 e. The molecule has 1 heterocycles. The van der Waals surface area contributed by atoms with Crippen molar-refractivity contribution < 1.29 is 0 Å². The van der Waals surface area contributed by atoms with Gasteiger partial charge in [0.15, 0.2) is 0 Å². The van der Waals surface area contributed by atoms with Crippen LogP contribution in [0.25, 0.3) is 0 Å². The van der Waals surface area contributed by atoms with E-state index in [1.54, 1.807) is 0 Å². The van der Waals surface area contributed by atoms with Crippen molar-refractivity contribution in [2.75, 3.05) is 12.3 Å². The Morgan fingerprint density at radius 3 is 2.85 bits per heavy atom. The van der Waals surface area contributed by atoms with Crippen molar-refractivity contribution in [3.05, 3.63) is 0 Å². The van der Waals surface area contributed by atoms with E-state index in [0.717, 1.165) is 17.8 Å². The highest BCUT2D eigenvalue weighted by molar-refractivity contribution is 8.00. The summed E-state index contributed by atoms with van der Waals surface area (Å²) in [4.78, 5) is 0.537. The molecule has 1 aliphatic heterocycles. The summed E-state index contributed by atoms with van der Waals surface area (Å²) in [6.45, 7) is 3.62. The number of rotatable bonds is 0. The second-order valence-electron chi connectivity index (χ2n) is 5.27. The number of hydrogen-bond acceptors (Lipinski definition) is 2. The van der Waals surface area contributed by atoms with Crippen molar-refractivity contribution in [3.8, 4) is 0 Å². The molecule has 13 heavy (non-hydrogen) atoms. The minimum absolute atomic E-state index is 0.537. The minimum atomic E-state index is 0.537. The van der Waals surface area contributed by atoms with E-state index in [2.05, 4.69) is 24.0 Å². The maximum atomic E-state index is 3.84. The van der Waals surface area contributed by atoms with Crippen LogP contribution in [0.15, 0.2) is 0 Å². The maximum absolute atomic E-state index is 3.84. The summed E-state index contributed by atoms with van der Waals surface area (Å²) in [5, 5.41) is 3.84. The molecule has 3 rings (SSSR count). The molecule has 2 aliphatic carbocycles. The summed E-state index contributed by atoms with van der Waals surface area (Å²) in [6.07, 6.45) is 6.01. The van der Waals surface area contributed by atoms with Crippen molar-refractivity contribution >= 4 is 11.8 Å². The Balaban J connectivity index is 1.76. The van der Waals surface area contributed by atoms with Crippen molar-refractivity contribution in [2.45, 2.75) is 37.5 Å². The number of thioether (sulfide) groups is 1. The predicted octanol–water partition coefficient (Wildman–Crippen LogP) is 2.48. The second kappa shape index (κ2) is 2.90.